The van der Waals surface area contributed by atoms with Gasteiger partial charge in [-0.25, -0.2) is 14.8 Å². The normalized spacial score (nSPS) is 14.5. The number of carboxylic acid groups (broad SMARTS) is 1. The Morgan fingerprint density at radius 1 is 1.25 bits per heavy atom. The SMILES string of the molecule is O=C(O)c1c2c(nc3ccccc13)CCN(Cc1nc3c(Cl)nccc3[nH]1)C2. The minimum atomic E-state index is -0.918. The van der Waals surface area contributed by atoms with Gasteiger partial charge in [0.1, 0.15) is 11.3 Å². The van der Waals surface area contributed by atoms with Crippen LogP contribution in [0.4, 0.5) is 0 Å². The molecule has 140 valence electrons. The molecule has 0 bridgehead atoms. The number of para-hydroxylation sites is 1. The van der Waals surface area contributed by atoms with Crippen LogP contribution in [-0.4, -0.2) is 42.5 Å². The maximum Gasteiger partial charge on any atom is 0.336 e. The lowest BCUT2D eigenvalue weighted by Gasteiger charge is -2.29. The van der Waals surface area contributed by atoms with Crippen molar-refractivity contribution in [3.8, 4) is 0 Å². The van der Waals surface area contributed by atoms with E-state index in [0.29, 0.717) is 41.1 Å². The number of hydrogen-bond acceptors (Lipinski definition) is 5. The molecule has 0 fully saturated rings. The molecule has 4 heterocycles. The lowest BCUT2D eigenvalue weighted by atomic mass is 9.96. The van der Waals surface area contributed by atoms with E-state index in [1.54, 1.807) is 6.20 Å². The molecule has 4 aromatic rings. The number of aromatic carboxylic acids is 1. The van der Waals surface area contributed by atoms with Gasteiger partial charge in [-0.1, -0.05) is 29.8 Å². The van der Waals surface area contributed by atoms with Crippen molar-refractivity contribution in [2.24, 2.45) is 0 Å². The van der Waals surface area contributed by atoms with Gasteiger partial charge in [0, 0.05) is 42.4 Å². The summed E-state index contributed by atoms with van der Waals surface area (Å²) in [5.41, 5.74) is 4.22. The number of aromatic amines is 1. The van der Waals surface area contributed by atoms with Gasteiger partial charge >= 0.3 is 5.97 Å². The Balaban J connectivity index is 1.51. The first kappa shape index (κ1) is 17.1. The highest BCUT2D eigenvalue weighted by Gasteiger charge is 2.26. The van der Waals surface area contributed by atoms with Crippen LogP contribution in [0.2, 0.25) is 5.15 Å². The highest BCUT2D eigenvalue weighted by atomic mass is 35.5. The van der Waals surface area contributed by atoms with E-state index in [1.807, 2.05) is 30.3 Å². The van der Waals surface area contributed by atoms with E-state index in [1.165, 1.54) is 0 Å². The Morgan fingerprint density at radius 2 is 2.11 bits per heavy atom. The summed E-state index contributed by atoms with van der Waals surface area (Å²) in [5.74, 6) is -0.141. The fourth-order valence-electron chi connectivity index (χ4n) is 3.87. The van der Waals surface area contributed by atoms with Crippen molar-refractivity contribution in [3.63, 3.8) is 0 Å². The number of nitrogens with zero attached hydrogens (tertiary/aromatic N) is 4. The van der Waals surface area contributed by atoms with E-state index < -0.39 is 5.97 Å². The Bertz CT molecular complexity index is 1240. The highest BCUT2D eigenvalue weighted by Crippen LogP contribution is 2.29. The molecule has 0 spiro atoms. The number of halogens is 1. The van der Waals surface area contributed by atoms with Crippen LogP contribution in [0.15, 0.2) is 36.5 Å². The molecule has 1 aromatic carbocycles. The topological polar surface area (TPSA) is 95.0 Å². The van der Waals surface area contributed by atoms with Gasteiger partial charge in [-0.3, -0.25) is 9.88 Å². The van der Waals surface area contributed by atoms with Crippen LogP contribution in [0, 0.1) is 0 Å². The Kier molecular flexibility index (Phi) is 3.99. The average Bonchev–Trinajstić information content (AvgIpc) is 3.10. The first-order valence-electron chi connectivity index (χ1n) is 8.95. The Labute approximate surface area is 165 Å². The zero-order chi connectivity index (χ0) is 19.3. The minimum absolute atomic E-state index is 0.349. The number of aromatic nitrogens is 4. The molecule has 0 amide bonds. The molecule has 5 rings (SSSR count). The van der Waals surface area contributed by atoms with Crippen molar-refractivity contribution in [1.29, 1.82) is 0 Å². The fourth-order valence-corrected chi connectivity index (χ4v) is 4.07. The van der Waals surface area contributed by atoms with Crippen LogP contribution >= 0.6 is 11.6 Å². The van der Waals surface area contributed by atoms with Crippen molar-refractivity contribution in [1.82, 2.24) is 24.8 Å². The summed E-state index contributed by atoms with van der Waals surface area (Å²) >= 11 is 6.11. The van der Waals surface area contributed by atoms with E-state index in [4.69, 9.17) is 16.6 Å². The molecule has 1 aliphatic heterocycles. The van der Waals surface area contributed by atoms with Crippen LogP contribution in [0.25, 0.3) is 21.9 Å². The van der Waals surface area contributed by atoms with Crippen LogP contribution in [0.1, 0.15) is 27.4 Å². The molecule has 28 heavy (non-hydrogen) atoms. The third-order valence-electron chi connectivity index (χ3n) is 5.12. The van der Waals surface area contributed by atoms with Gasteiger partial charge in [-0.15, -0.1) is 0 Å². The molecule has 0 saturated carbocycles. The van der Waals surface area contributed by atoms with Gasteiger partial charge in [0.25, 0.3) is 0 Å². The van der Waals surface area contributed by atoms with E-state index in [2.05, 4.69) is 19.9 Å². The highest BCUT2D eigenvalue weighted by molar-refractivity contribution is 6.33. The predicted octanol–water partition coefficient (Wildman–Crippen LogP) is 3.42. The predicted molar refractivity (Wildman–Crippen MR) is 105 cm³/mol. The van der Waals surface area contributed by atoms with Crippen LogP contribution < -0.4 is 0 Å². The summed E-state index contributed by atoms with van der Waals surface area (Å²) in [6.07, 6.45) is 2.34. The summed E-state index contributed by atoms with van der Waals surface area (Å²) in [6, 6.07) is 9.24. The summed E-state index contributed by atoms with van der Waals surface area (Å²) in [7, 11) is 0. The third kappa shape index (κ3) is 2.80. The number of imidazole rings is 1. The molecule has 0 aliphatic carbocycles. The number of nitrogens with one attached hydrogen (secondary N) is 1. The van der Waals surface area contributed by atoms with E-state index >= 15 is 0 Å². The lowest BCUT2D eigenvalue weighted by Crippen LogP contribution is -2.32. The molecule has 7 nitrogen and oxygen atoms in total. The first-order chi connectivity index (χ1) is 13.6. The van der Waals surface area contributed by atoms with Crippen molar-refractivity contribution in [3.05, 3.63) is 64.3 Å². The Hall–Kier alpha value is -3.03. The van der Waals surface area contributed by atoms with Gasteiger partial charge in [-0.05, 0) is 12.1 Å². The molecule has 1 aliphatic rings. The number of H-pyrrole nitrogens is 1. The second kappa shape index (κ2) is 6.54. The number of hydrogen-bond donors (Lipinski definition) is 2. The quantitative estimate of drug-likeness (QED) is 0.518. The van der Waals surface area contributed by atoms with Gasteiger partial charge < -0.3 is 10.1 Å². The second-order valence-corrected chi connectivity index (χ2v) is 7.23. The summed E-state index contributed by atoms with van der Waals surface area (Å²) in [5, 5.41) is 10.9. The van der Waals surface area contributed by atoms with E-state index in [9.17, 15) is 9.90 Å². The maximum absolute atomic E-state index is 12.0. The third-order valence-corrected chi connectivity index (χ3v) is 5.39. The smallest absolute Gasteiger partial charge is 0.336 e. The van der Waals surface area contributed by atoms with Gasteiger partial charge in [0.2, 0.25) is 0 Å². The number of carboxylic acids is 1. The molecule has 0 atom stereocenters. The van der Waals surface area contributed by atoms with Crippen LogP contribution in [0.3, 0.4) is 0 Å². The zero-order valence-electron chi connectivity index (χ0n) is 14.8. The second-order valence-electron chi connectivity index (χ2n) is 6.88. The van der Waals surface area contributed by atoms with Crippen LogP contribution in [0.5, 0.6) is 0 Å². The van der Waals surface area contributed by atoms with Crippen molar-refractivity contribution in [2.75, 3.05) is 6.54 Å². The maximum atomic E-state index is 12.0. The van der Waals surface area contributed by atoms with Crippen molar-refractivity contribution in [2.45, 2.75) is 19.5 Å². The summed E-state index contributed by atoms with van der Waals surface area (Å²) in [4.78, 5) is 30.8. The van der Waals surface area contributed by atoms with Gasteiger partial charge in [0.05, 0.1) is 23.1 Å². The van der Waals surface area contributed by atoms with Gasteiger partial charge in [0.15, 0.2) is 5.15 Å². The van der Waals surface area contributed by atoms with Crippen molar-refractivity contribution >= 4 is 39.5 Å². The number of fused-ring (bicyclic) bond motifs is 3. The Morgan fingerprint density at radius 3 is 2.93 bits per heavy atom. The largest absolute Gasteiger partial charge is 0.478 e. The molecule has 3 aromatic heterocycles. The molecule has 0 radical (unpaired) electrons. The number of benzene rings is 1. The molecular formula is C20H16ClN5O2. The van der Waals surface area contributed by atoms with Gasteiger partial charge in [-0.2, -0.15) is 0 Å². The van der Waals surface area contributed by atoms with E-state index in [0.717, 1.165) is 34.7 Å². The average molecular weight is 394 g/mol. The molecule has 2 N–H and O–H groups in total. The summed E-state index contributed by atoms with van der Waals surface area (Å²) in [6.45, 7) is 1.86. The number of pyridine rings is 2. The zero-order valence-corrected chi connectivity index (χ0v) is 15.6. The monoisotopic (exact) mass is 393 g/mol. The molecular weight excluding hydrogens is 378 g/mol. The number of carbonyl (C=O) groups is 1. The van der Waals surface area contributed by atoms with E-state index in [-0.39, 0.29) is 0 Å². The summed E-state index contributed by atoms with van der Waals surface area (Å²) < 4.78 is 0. The lowest BCUT2D eigenvalue weighted by molar-refractivity contribution is 0.0695. The minimum Gasteiger partial charge on any atom is -0.478 e. The molecule has 0 unspecified atom stereocenters. The van der Waals surface area contributed by atoms with Crippen LogP contribution in [-0.2, 0) is 19.5 Å². The fraction of sp³-hybridized carbons (Fsp3) is 0.200. The molecule has 0 saturated heterocycles. The van der Waals surface area contributed by atoms with Crippen molar-refractivity contribution < 1.29 is 9.90 Å². The number of rotatable bonds is 3. The molecule has 8 heteroatoms. The first-order valence-corrected chi connectivity index (χ1v) is 9.33. The standard InChI is InChI=1S/C20H16ClN5O2/c21-19-18-15(5-7-22-19)24-16(25-18)10-26-8-6-14-12(9-26)17(20(27)28)11-3-1-2-4-13(11)23-14/h1-5,7H,6,8-10H2,(H,24,25)(H,27,28).